The van der Waals surface area contributed by atoms with Gasteiger partial charge in [-0.05, 0) is 43.3 Å². The van der Waals surface area contributed by atoms with Gasteiger partial charge in [0.05, 0.1) is 23.4 Å². The van der Waals surface area contributed by atoms with Gasteiger partial charge in [0.15, 0.2) is 0 Å². The van der Waals surface area contributed by atoms with Crippen molar-refractivity contribution in [3.05, 3.63) is 54.2 Å². The van der Waals surface area contributed by atoms with E-state index < -0.39 is 23.8 Å². The molecule has 0 fully saturated rings. The zero-order valence-electron chi connectivity index (χ0n) is 15.9. The highest BCUT2D eigenvalue weighted by Crippen LogP contribution is 2.24. The smallest absolute Gasteiger partial charge is 0.321 e. The summed E-state index contributed by atoms with van der Waals surface area (Å²) in [6.45, 7) is 2.15. The van der Waals surface area contributed by atoms with Crippen LogP contribution in [0.4, 0.5) is 8.78 Å². The summed E-state index contributed by atoms with van der Waals surface area (Å²) in [6, 6.07) is 11.4. The Morgan fingerprint density at radius 2 is 2.03 bits per heavy atom. The number of nitrogens with zero attached hydrogens (tertiary/aromatic N) is 2. The lowest BCUT2D eigenvalue weighted by Gasteiger charge is -2.17. The van der Waals surface area contributed by atoms with Crippen molar-refractivity contribution < 1.29 is 23.1 Å². The van der Waals surface area contributed by atoms with Crippen molar-refractivity contribution in [2.24, 2.45) is 5.73 Å². The van der Waals surface area contributed by atoms with Gasteiger partial charge in [-0.1, -0.05) is 6.07 Å². The van der Waals surface area contributed by atoms with Crippen LogP contribution in [0, 0.1) is 0 Å². The summed E-state index contributed by atoms with van der Waals surface area (Å²) in [7, 11) is 0. The molecular weight excluding hydrogens is 382 g/mol. The Morgan fingerprint density at radius 3 is 2.72 bits per heavy atom. The predicted molar refractivity (Wildman–Crippen MR) is 103 cm³/mol. The van der Waals surface area contributed by atoms with Crippen molar-refractivity contribution in [2.75, 3.05) is 6.61 Å². The number of hydrogen-bond acceptors (Lipinski definition) is 4. The molecule has 0 aliphatic rings. The zero-order chi connectivity index (χ0) is 21.2. The molecule has 2 amide bonds. The topological polar surface area (TPSA) is 99.2 Å². The van der Waals surface area contributed by atoms with E-state index in [1.807, 2.05) is 0 Å². The van der Waals surface area contributed by atoms with Gasteiger partial charge >= 0.3 is 5.92 Å². The second-order valence-electron chi connectivity index (χ2n) is 6.77. The summed E-state index contributed by atoms with van der Waals surface area (Å²) in [5.74, 6) is -4.80. The number of primary amides is 1. The molecule has 1 atom stereocenters. The number of ether oxygens (including phenoxy) is 1. The molecule has 3 N–H and O–H groups in total. The summed E-state index contributed by atoms with van der Waals surface area (Å²) in [5, 5.41) is 7.32. The largest absolute Gasteiger partial charge is 0.491 e. The van der Waals surface area contributed by atoms with E-state index in [9.17, 15) is 18.4 Å². The molecule has 0 aliphatic carbocycles. The lowest BCUT2D eigenvalue weighted by molar-refractivity contribution is -0.143. The molecule has 7 nitrogen and oxygen atoms in total. The predicted octanol–water partition coefficient (Wildman–Crippen LogP) is 2.66. The second kappa shape index (κ2) is 7.86. The van der Waals surface area contributed by atoms with E-state index in [0.717, 1.165) is 10.9 Å². The van der Waals surface area contributed by atoms with Gasteiger partial charge in [-0.3, -0.25) is 9.59 Å². The van der Waals surface area contributed by atoms with E-state index in [-0.39, 0.29) is 6.61 Å². The van der Waals surface area contributed by atoms with Gasteiger partial charge in [-0.15, -0.1) is 0 Å². The Morgan fingerprint density at radius 1 is 1.28 bits per heavy atom. The average molecular weight is 402 g/mol. The van der Waals surface area contributed by atoms with Crippen molar-refractivity contribution in [3.63, 3.8) is 0 Å². The molecular formula is C20H20F2N4O3. The average Bonchev–Trinajstić information content (AvgIpc) is 3.09. The van der Waals surface area contributed by atoms with Crippen LogP contribution in [-0.4, -0.2) is 40.2 Å². The number of halogens is 2. The normalized spacial score (nSPS) is 12.6. The van der Waals surface area contributed by atoms with Crippen LogP contribution >= 0.6 is 0 Å². The van der Waals surface area contributed by atoms with E-state index in [0.29, 0.717) is 23.9 Å². The minimum atomic E-state index is -3.44. The van der Waals surface area contributed by atoms with Gasteiger partial charge in [0.1, 0.15) is 12.4 Å². The van der Waals surface area contributed by atoms with E-state index in [1.54, 1.807) is 60.3 Å². The summed E-state index contributed by atoms with van der Waals surface area (Å²) in [4.78, 5) is 22.7. The molecule has 152 valence electrons. The van der Waals surface area contributed by atoms with Gasteiger partial charge in [-0.25, -0.2) is 4.68 Å². The van der Waals surface area contributed by atoms with Crippen LogP contribution in [0.25, 0.3) is 16.6 Å². The maximum absolute atomic E-state index is 12.9. The van der Waals surface area contributed by atoms with Gasteiger partial charge in [-0.2, -0.15) is 13.9 Å². The quantitative estimate of drug-likeness (QED) is 0.635. The fourth-order valence-corrected chi connectivity index (χ4v) is 2.71. The third-order valence-corrected chi connectivity index (χ3v) is 4.19. The molecule has 0 radical (unpaired) electrons. The number of carbonyl (C=O) groups excluding carboxylic acids is 2. The minimum Gasteiger partial charge on any atom is -0.491 e. The highest BCUT2D eigenvalue weighted by molar-refractivity contribution is 5.93. The fourth-order valence-electron chi connectivity index (χ4n) is 2.71. The van der Waals surface area contributed by atoms with Gasteiger partial charge in [0, 0.05) is 17.9 Å². The van der Waals surface area contributed by atoms with Crippen LogP contribution in [0.2, 0.25) is 0 Å². The molecule has 1 aromatic heterocycles. The Hall–Kier alpha value is -3.49. The fraction of sp³-hybridized carbons (Fsp3) is 0.250. The number of carbonyl (C=O) groups is 2. The van der Waals surface area contributed by atoms with E-state index in [4.69, 9.17) is 10.5 Å². The second-order valence-corrected chi connectivity index (χ2v) is 6.77. The Kier molecular flexibility index (Phi) is 5.49. The Balaban J connectivity index is 1.73. The maximum Gasteiger partial charge on any atom is 0.321 e. The lowest BCUT2D eigenvalue weighted by atomic mass is 10.2. The number of amides is 2. The first kappa shape index (κ1) is 20.2. The number of aromatic nitrogens is 2. The first-order chi connectivity index (χ1) is 13.6. The van der Waals surface area contributed by atoms with Crippen molar-refractivity contribution in [1.29, 1.82) is 0 Å². The molecule has 29 heavy (non-hydrogen) atoms. The lowest BCUT2D eigenvalue weighted by Crippen LogP contribution is -2.44. The van der Waals surface area contributed by atoms with Crippen molar-refractivity contribution in [1.82, 2.24) is 15.1 Å². The zero-order valence-corrected chi connectivity index (χ0v) is 15.9. The molecule has 0 aliphatic heterocycles. The summed E-state index contributed by atoms with van der Waals surface area (Å²) in [6.07, 6.45) is 1.64. The summed E-state index contributed by atoms with van der Waals surface area (Å²) in [5.41, 5.74) is 7.17. The van der Waals surface area contributed by atoms with Gasteiger partial charge < -0.3 is 15.8 Å². The molecule has 0 bridgehead atoms. The number of nitrogens with one attached hydrogen (secondary N) is 1. The van der Waals surface area contributed by atoms with Crippen LogP contribution in [0.15, 0.2) is 48.7 Å². The van der Waals surface area contributed by atoms with Gasteiger partial charge in [0.25, 0.3) is 5.91 Å². The Labute approximate surface area is 165 Å². The monoisotopic (exact) mass is 402 g/mol. The molecule has 3 aromatic rings. The summed E-state index contributed by atoms with van der Waals surface area (Å²) < 4.78 is 33.1. The van der Waals surface area contributed by atoms with E-state index >= 15 is 0 Å². The molecule has 1 heterocycles. The number of alkyl halides is 2. The molecule has 1 unspecified atom stereocenters. The maximum atomic E-state index is 12.9. The first-order valence-electron chi connectivity index (χ1n) is 8.85. The molecule has 0 saturated carbocycles. The SMILES string of the molecule is CC(COc1ccc2c(cnn2-c2cccc(C(N)=O)c2)c1)NC(=O)C(C)(F)F. The molecule has 0 saturated heterocycles. The highest BCUT2D eigenvalue weighted by atomic mass is 19.3. The van der Waals surface area contributed by atoms with Crippen LogP contribution in [0.5, 0.6) is 5.75 Å². The van der Waals surface area contributed by atoms with Crippen LogP contribution in [0.1, 0.15) is 24.2 Å². The first-order valence-corrected chi connectivity index (χ1v) is 8.85. The van der Waals surface area contributed by atoms with E-state index in [1.165, 1.54) is 0 Å². The van der Waals surface area contributed by atoms with Crippen molar-refractivity contribution in [2.45, 2.75) is 25.8 Å². The van der Waals surface area contributed by atoms with E-state index in [2.05, 4.69) is 10.4 Å². The molecule has 9 heteroatoms. The minimum absolute atomic E-state index is 0.0299. The van der Waals surface area contributed by atoms with Crippen molar-refractivity contribution in [3.8, 4) is 11.4 Å². The van der Waals surface area contributed by atoms with Crippen molar-refractivity contribution >= 4 is 22.7 Å². The number of hydrogen-bond donors (Lipinski definition) is 2. The van der Waals surface area contributed by atoms with Crippen LogP contribution in [0.3, 0.4) is 0 Å². The third-order valence-electron chi connectivity index (χ3n) is 4.19. The number of benzene rings is 2. The van der Waals surface area contributed by atoms with Gasteiger partial charge in [0.2, 0.25) is 5.91 Å². The standard InChI is InChI=1S/C20H20F2N4O3/c1-12(25-19(28)20(2,21)22)11-29-16-6-7-17-14(9-16)10-24-26(17)15-5-3-4-13(8-15)18(23)27/h3-10,12H,11H2,1-2H3,(H2,23,27)(H,25,28). The molecule has 2 aromatic carbocycles. The number of fused-ring (bicyclic) bond motifs is 1. The summed E-state index contributed by atoms with van der Waals surface area (Å²) >= 11 is 0. The van der Waals surface area contributed by atoms with Crippen LogP contribution in [-0.2, 0) is 4.79 Å². The number of nitrogens with two attached hydrogens (primary N) is 1. The Bertz CT molecular complexity index is 1060. The highest BCUT2D eigenvalue weighted by Gasteiger charge is 2.32. The van der Waals surface area contributed by atoms with Crippen LogP contribution < -0.4 is 15.8 Å². The number of rotatable bonds is 7. The third kappa shape index (κ3) is 4.68. The molecule has 3 rings (SSSR count). The molecule has 0 spiro atoms.